The molecule has 0 saturated carbocycles. The van der Waals surface area contributed by atoms with E-state index in [9.17, 15) is 4.79 Å². The van der Waals surface area contributed by atoms with Crippen LogP contribution in [0.2, 0.25) is 10.0 Å². The molecule has 1 aromatic carbocycles. The van der Waals surface area contributed by atoms with Crippen molar-refractivity contribution in [2.75, 3.05) is 0 Å². The lowest BCUT2D eigenvalue weighted by Gasteiger charge is -2.27. The third-order valence-corrected chi connectivity index (χ3v) is 3.66. The zero-order valence-corrected chi connectivity index (χ0v) is 9.92. The SMILES string of the molecule is N[C@@H]1C[C@@H](C(=O)O)Cc2cc(Cl)c(Cl)cc21. The molecule has 1 aromatic rings. The highest BCUT2D eigenvalue weighted by molar-refractivity contribution is 6.42. The summed E-state index contributed by atoms with van der Waals surface area (Å²) in [7, 11) is 0. The molecule has 5 heteroatoms. The first-order chi connectivity index (χ1) is 7.49. The fraction of sp³-hybridized carbons (Fsp3) is 0.364. The van der Waals surface area contributed by atoms with Gasteiger partial charge in [0.1, 0.15) is 0 Å². The number of nitrogens with two attached hydrogens (primary N) is 1. The predicted octanol–water partition coefficient (Wildman–Crippen LogP) is 2.64. The summed E-state index contributed by atoms with van der Waals surface area (Å²) in [6, 6.07) is 3.18. The van der Waals surface area contributed by atoms with Crippen molar-refractivity contribution < 1.29 is 9.90 Å². The van der Waals surface area contributed by atoms with E-state index in [4.69, 9.17) is 34.0 Å². The van der Waals surface area contributed by atoms with Gasteiger partial charge < -0.3 is 10.8 Å². The van der Waals surface area contributed by atoms with Gasteiger partial charge in [-0.2, -0.15) is 0 Å². The highest BCUT2D eigenvalue weighted by atomic mass is 35.5. The smallest absolute Gasteiger partial charge is 0.306 e. The van der Waals surface area contributed by atoms with Crippen LogP contribution >= 0.6 is 23.2 Å². The largest absolute Gasteiger partial charge is 0.481 e. The normalized spacial score (nSPS) is 23.9. The monoisotopic (exact) mass is 259 g/mol. The first kappa shape index (κ1) is 11.7. The highest BCUT2D eigenvalue weighted by Crippen LogP contribution is 2.36. The van der Waals surface area contributed by atoms with Gasteiger partial charge in [-0.15, -0.1) is 0 Å². The molecule has 0 unspecified atom stereocenters. The Morgan fingerprint density at radius 2 is 2.00 bits per heavy atom. The maximum atomic E-state index is 10.9. The molecule has 0 heterocycles. The van der Waals surface area contributed by atoms with Crippen LogP contribution in [0.3, 0.4) is 0 Å². The number of benzene rings is 1. The van der Waals surface area contributed by atoms with Crippen molar-refractivity contribution in [3.05, 3.63) is 33.3 Å². The van der Waals surface area contributed by atoms with E-state index in [0.29, 0.717) is 22.9 Å². The quantitative estimate of drug-likeness (QED) is 0.815. The minimum atomic E-state index is -0.813. The second kappa shape index (κ2) is 4.24. The molecule has 0 spiro atoms. The van der Waals surface area contributed by atoms with Crippen molar-refractivity contribution in [1.82, 2.24) is 0 Å². The molecule has 0 aromatic heterocycles. The summed E-state index contributed by atoms with van der Waals surface area (Å²) >= 11 is 11.8. The summed E-state index contributed by atoms with van der Waals surface area (Å²) in [4.78, 5) is 10.9. The van der Waals surface area contributed by atoms with Crippen LogP contribution in [-0.4, -0.2) is 11.1 Å². The van der Waals surface area contributed by atoms with E-state index in [-0.39, 0.29) is 6.04 Å². The zero-order chi connectivity index (χ0) is 11.9. The zero-order valence-electron chi connectivity index (χ0n) is 8.41. The summed E-state index contributed by atoms with van der Waals surface area (Å²) < 4.78 is 0. The Hall–Kier alpha value is -0.770. The molecule has 0 bridgehead atoms. The van der Waals surface area contributed by atoms with Crippen molar-refractivity contribution in [3.8, 4) is 0 Å². The van der Waals surface area contributed by atoms with Crippen molar-refractivity contribution >= 4 is 29.2 Å². The highest BCUT2D eigenvalue weighted by Gasteiger charge is 2.29. The third kappa shape index (κ3) is 2.03. The van der Waals surface area contributed by atoms with Crippen LogP contribution in [0.1, 0.15) is 23.6 Å². The number of rotatable bonds is 1. The molecule has 1 aliphatic carbocycles. The summed E-state index contributed by atoms with van der Waals surface area (Å²) in [6.07, 6.45) is 0.912. The number of hydrogen-bond donors (Lipinski definition) is 2. The maximum Gasteiger partial charge on any atom is 0.306 e. The Bertz CT molecular complexity index is 448. The lowest BCUT2D eigenvalue weighted by molar-refractivity contribution is -0.142. The average molecular weight is 260 g/mol. The molecule has 1 aliphatic rings. The Morgan fingerprint density at radius 3 is 2.62 bits per heavy atom. The lowest BCUT2D eigenvalue weighted by Crippen LogP contribution is -2.28. The van der Waals surface area contributed by atoms with Crippen molar-refractivity contribution in [2.24, 2.45) is 11.7 Å². The van der Waals surface area contributed by atoms with Crippen molar-refractivity contribution in [3.63, 3.8) is 0 Å². The molecule has 3 nitrogen and oxygen atoms in total. The Morgan fingerprint density at radius 1 is 1.38 bits per heavy atom. The minimum absolute atomic E-state index is 0.278. The van der Waals surface area contributed by atoms with Gasteiger partial charge in [0.2, 0.25) is 0 Å². The molecular weight excluding hydrogens is 249 g/mol. The fourth-order valence-corrected chi connectivity index (χ4v) is 2.45. The Kier molecular flexibility index (Phi) is 3.10. The molecule has 86 valence electrons. The van der Waals surface area contributed by atoms with E-state index in [2.05, 4.69) is 0 Å². The van der Waals surface area contributed by atoms with Gasteiger partial charge in [-0.3, -0.25) is 4.79 Å². The summed E-state index contributed by atoms with van der Waals surface area (Å²) in [5.74, 6) is -1.24. The van der Waals surface area contributed by atoms with Crippen LogP contribution in [0.4, 0.5) is 0 Å². The number of carboxylic acids is 1. The van der Waals surface area contributed by atoms with E-state index in [0.717, 1.165) is 11.1 Å². The van der Waals surface area contributed by atoms with Gasteiger partial charge in [-0.05, 0) is 36.1 Å². The third-order valence-electron chi connectivity index (χ3n) is 2.94. The molecule has 0 saturated heterocycles. The van der Waals surface area contributed by atoms with Crippen LogP contribution in [0.25, 0.3) is 0 Å². The number of halogens is 2. The van der Waals surface area contributed by atoms with Crippen LogP contribution in [0, 0.1) is 5.92 Å². The number of carbonyl (C=O) groups is 1. The molecule has 0 fully saturated rings. The molecule has 0 aliphatic heterocycles. The molecule has 0 radical (unpaired) electrons. The van der Waals surface area contributed by atoms with Gasteiger partial charge in [-0.25, -0.2) is 0 Å². The van der Waals surface area contributed by atoms with Crippen LogP contribution in [0.5, 0.6) is 0 Å². The molecule has 16 heavy (non-hydrogen) atoms. The van der Waals surface area contributed by atoms with Gasteiger partial charge in [0, 0.05) is 6.04 Å². The Labute approximate surface area is 103 Å². The maximum absolute atomic E-state index is 10.9. The summed E-state index contributed by atoms with van der Waals surface area (Å²) in [5, 5.41) is 9.90. The first-order valence-corrected chi connectivity index (χ1v) is 5.71. The van der Waals surface area contributed by atoms with Crippen molar-refractivity contribution in [2.45, 2.75) is 18.9 Å². The second-order valence-corrected chi connectivity index (χ2v) is 4.86. The minimum Gasteiger partial charge on any atom is -0.481 e. The van der Waals surface area contributed by atoms with Gasteiger partial charge in [0.25, 0.3) is 0 Å². The second-order valence-electron chi connectivity index (χ2n) is 4.05. The van der Waals surface area contributed by atoms with E-state index in [1.807, 2.05) is 0 Å². The number of hydrogen-bond acceptors (Lipinski definition) is 2. The number of fused-ring (bicyclic) bond motifs is 1. The van der Waals surface area contributed by atoms with Gasteiger partial charge in [-0.1, -0.05) is 23.2 Å². The van der Waals surface area contributed by atoms with E-state index in [1.165, 1.54) is 0 Å². The lowest BCUT2D eigenvalue weighted by atomic mass is 9.81. The summed E-state index contributed by atoms with van der Waals surface area (Å²) in [5.41, 5.74) is 7.73. The number of carboxylic acid groups (broad SMARTS) is 1. The summed E-state index contributed by atoms with van der Waals surface area (Å²) in [6.45, 7) is 0. The van der Waals surface area contributed by atoms with Gasteiger partial charge in [0.05, 0.1) is 16.0 Å². The van der Waals surface area contributed by atoms with Crippen molar-refractivity contribution in [1.29, 1.82) is 0 Å². The van der Waals surface area contributed by atoms with Crippen LogP contribution in [-0.2, 0) is 11.2 Å². The molecular formula is C11H11Cl2NO2. The average Bonchev–Trinajstić information content (AvgIpc) is 2.20. The first-order valence-electron chi connectivity index (χ1n) is 4.95. The molecule has 2 atom stereocenters. The molecule has 3 N–H and O–H groups in total. The fourth-order valence-electron chi connectivity index (χ4n) is 2.10. The van der Waals surface area contributed by atoms with Crippen LogP contribution in [0.15, 0.2) is 12.1 Å². The van der Waals surface area contributed by atoms with Gasteiger partial charge in [0.15, 0.2) is 0 Å². The van der Waals surface area contributed by atoms with Gasteiger partial charge >= 0.3 is 5.97 Å². The predicted molar refractivity (Wildman–Crippen MR) is 62.8 cm³/mol. The van der Waals surface area contributed by atoms with E-state index < -0.39 is 11.9 Å². The topological polar surface area (TPSA) is 63.3 Å². The molecule has 0 amide bonds. The molecule has 2 rings (SSSR count). The Balaban J connectivity index is 2.42. The standard InChI is InChI=1S/C11H11Cl2NO2/c12-8-2-5-1-6(11(15)16)3-10(14)7(5)4-9(8)13/h2,4,6,10H,1,3,14H2,(H,15,16)/t6-,10+/m0/s1. The van der Waals surface area contributed by atoms with E-state index >= 15 is 0 Å². The van der Waals surface area contributed by atoms with Crippen LogP contribution < -0.4 is 5.73 Å². The number of aliphatic carboxylic acids is 1. The van der Waals surface area contributed by atoms with E-state index in [1.54, 1.807) is 12.1 Å².